The van der Waals surface area contributed by atoms with Gasteiger partial charge in [-0.1, -0.05) is 60.7 Å². The van der Waals surface area contributed by atoms with Crippen molar-refractivity contribution in [3.05, 3.63) is 95.6 Å². The molecular formula is C32H36N2O6. The number of fused-ring (bicyclic) bond motifs is 1. The van der Waals surface area contributed by atoms with Crippen molar-refractivity contribution in [3.63, 3.8) is 0 Å². The van der Waals surface area contributed by atoms with Crippen LogP contribution in [0.15, 0.2) is 78.9 Å². The Morgan fingerprint density at radius 2 is 1.45 bits per heavy atom. The summed E-state index contributed by atoms with van der Waals surface area (Å²) in [6, 6.07) is 22.3. The van der Waals surface area contributed by atoms with Crippen molar-refractivity contribution in [1.29, 1.82) is 0 Å². The Labute approximate surface area is 235 Å². The standard InChI is InChI=1S/C32H36N2O6/c1-30(2,3)39-28(36)33-26(21-14-13-17-23(20-21)38-7)32(22-15-9-8-10-16-22)24-18-11-12-19-25(24)34(27(32)35)29(37)40-31(4,5)6/h8-20,26H,1-7H3,(H,33,36)/t26-,32?/m0/s1. The van der Waals surface area contributed by atoms with E-state index in [0.29, 0.717) is 28.1 Å². The zero-order valence-electron chi connectivity index (χ0n) is 24.0. The van der Waals surface area contributed by atoms with Gasteiger partial charge in [0.2, 0.25) is 0 Å². The predicted octanol–water partition coefficient (Wildman–Crippen LogP) is 6.53. The molecule has 1 aliphatic rings. The third kappa shape index (κ3) is 5.52. The highest BCUT2D eigenvalue weighted by molar-refractivity contribution is 6.23. The molecule has 0 fully saturated rings. The van der Waals surface area contributed by atoms with Crippen molar-refractivity contribution < 1.29 is 28.6 Å². The quantitative estimate of drug-likeness (QED) is 0.393. The second-order valence-corrected chi connectivity index (χ2v) is 11.7. The van der Waals surface area contributed by atoms with Crippen molar-refractivity contribution in [2.45, 2.75) is 64.2 Å². The summed E-state index contributed by atoms with van der Waals surface area (Å²) in [5.41, 5.74) is -1.09. The summed E-state index contributed by atoms with van der Waals surface area (Å²) in [5, 5.41) is 2.99. The number of imide groups is 1. The van der Waals surface area contributed by atoms with E-state index in [1.165, 1.54) is 0 Å². The van der Waals surface area contributed by atoms with Crippen LogP contribution < -0.4 is 15.0 Å². The van der Waals surface area contributed by atoms with E-state index < -0.39 is 40.8 Å². The normalized spacial score (nSPS) is 17.6. The van der Waals surface area contributed by atoms with E-state index in [4.69, 9.17) is 14.2 Å². The Morgan fingerprint density at radius 1 is 0.825 bits per heavy atom. The number of rotatable bonds is 5. The maximum Gasteiger partial charge on any atom is 0.421 e. The number of ether oxygens (including phenoxy) is 3. The minimum Gasteiger partial charge on any atom is -0.497 e. The Kier molecular flexibility index (Phi) is 7.65. The first-order valence-electron chi connectivity index (χ1n) is 13.1. The van der Waals surface area contributed by atoms with Crippen molar-refractivity contribution in [2.75, 3.05) is 12.0 Å². The molecule has 0 bridgehead atoms. The lowest BCUT2D eigenvalue weighted by Gasteiger charge is -2.38. The van der Waals surface area contributed by atoms with Gasteiger partial charge in [0, 0.05) is 0 Å². The smallest absolute Gasteiger partial charge is 0.421 e. The molecule has 4 rings (SSSR count). The zero-order chi connectivity index (χ0) is 29.3. The highest BCUT2D eigenvalue weighted by Crippen LogP contribution is 2.53. The molecule has 3 aromatic carbocycles. The molecule has 0 aliphatic carbocycles. The van der Waals surface area contributed by atoms with Crippen molar-refractivity contribution in [1.82, 2.24) is 5.32 Å². The molecule has 0 saturated carbocycles. The number of alkyl carbamates (subject to hydrolysis) is 1. The number of carbonyl (C=O) groups excluding carboxylic acids is 3. The van der Waals surface area contributed by atoms with Crippen LogP contribution in [-0.2, 0) is 19.7 Å². The van der Waals surface area contributed by atoms with Crippen LogP contribution in [0.1, 0.15) is 64.3 Å². The van der Waals surface area contributed by atoms with E-state index in [0.717, 1.165) is 4.90 Å². The minimum atomic E-state index is -1.56. The molecule has 0 spiro atoms. The minimum absolute atomic E-state index is 0.379. The second-order valence-electron chi connectivity index (χ2n) is 11.7. The molecule has 1 aliphatic heterocycles. The Morgan fingerprint density at radius 3 is 2.08 bits per heavy atom. The van der Waals surface area contributed by atoms with Gasteiger partial charge in [-0.05, 0) is 76.4 Å². The molecule has 3 aromatic rings. The monoisotopic (exact) mass is 544 g/mol. The maximum atomic E-state index is 14.8. The lowest BCUT2D eigenvalue weighted by Crippen LogP contribution is -2.53. The van der Waals surface area contributed by atoms with E-state index >= 15 is 0 Å². The maximum absolute atomic E-state index is 14.8. The summed E-state index contributed by atoms with van der Waals surface area (Å²) < 4.78 is 16.8. The Bertz CT molecular complexity index is 1410. The molecule has 0 aromatic heterocycles. The molecule has 8 nitrogen and oxygen atoms in total. The van der Waals surface area contributed by atoms with Gasteiger partial charge in [0.05, 0.1) is 18.8 Å². The summed E-state index contributed by atoms with van der Waals surface area (Å²) in [7, 11) is 1.54. The number of carbonyl (C=O) groups is 3. The first-order valence-corrected chi connectivity index (χ1v) is 13.1. The lowest BCUT2D eigenvalue weighted by molar-refractivity contribution is -0.122. The number of methoxy groups -OCH3 is 1. The van der Waals surface area contributed by atoms with Gasteiger partial charge in [0.25, 0.3) is 5.91 Å². The molecule has 8 heteroatoms. The predicted molar refractivity (Wildman–Crippen MR) is 152 cm³/mol. The Balaban J connectivity index is 2.03. The molecule has 1 heterocycles. The fourth-order valence-corrected chi connectivity index (χ4v) is 5.01. The topological polar surface area (TPSA) is 94.2 Å². The highest BCUT2D eigenvalue weighted by Gasteiger charge is 2.60. The summed E-state index contributed by atoms with van der Waals surface area (Å²) in [6.45, 7) is 10.5. The van der Waals surface area contributed by atoms with E-state index in [1.807, 2.05) is 30.3 Å². The van der Waals surface area contributed by atoms with Crippen LogP contribution in [-0.4, -0.2) is 36.4 Å². The third-order valence-electron chi connectivity index (χ3n) is 6.44. The summed E-state index contributed by atoms with van der Waals surface area (Å²) >= 11 is 0. The van der Waals surface area contributed by atoms with Gasteiger partial charge < -0.3 is 19.5 Å². The fraction of sp³-hybridized carbons (Fsp3) is 0.344. The van der Waals surface area contributed by atoms with Crippen LogP contribution >= 0.6 is 0 Å². The van der Waals surface area contributed by atoms with Crippen molar-refractivity contribution in [3.8, 4) is 5.75 Å². The van der Waals surface area contributed by atoms with Crippen LogP contribution in [0.5, 0.6) is 5.75 Å². The van der Waals surface area contributed by atoms with Crippen LogP contribution in [0.4, 0.5) is 15.3 Å². The van der Waals surface area contributed by atoms with Gasteiger partial charge in [-0.3, -0.25) is 4.79 Å². The molecule has 1 N–H and O–H groups in total. The van der Waals surface area contributed by atoms with E-state index in [1.54, 1.807) is 97.2 Å². The number of nitrogens with one attached hydrogen (secondary N) is 1. The largest absolute Gasteiger partial charge is 0.497 e. The molecule has 0 saturated heterocycles. The van der Waals surface area contributed by atoms with Gasteiger partial charge in [0.1, 0.15) is 22.4 Å². The average molecular weight is 545 g/mol. The first kappa shape index (κ1) is 28.7. The van der Waals surface area contributed by atoms with E-state index in [9.17, 15) is 14.4 Å². The molecule has 0 radical (unpaired) electrons. The molecule has 2 atom stereocenters. The number of hydrogen-bond donors (Lipinski definition) is 1. The summed E-state index contributed by atoms with van der Waals surface area (Å²) in [4.78, 5) is 42.9. The van der Waals surface area contributed by atoms with Gasteiger partial charge in [0.15, 0.2) is 0 Å². The molecule has 1 unspecified atom stereocenters. The Hall–Kier alpha value is -4.33. The number of benzene rings is 3. The van der Waals surface area contributed by atoms with Crippen LogP contribution in [0.3, 0.4) is 0 Å². The van der Waals surface area contributed by atoms with Crippen LogP contribution in [0.25, 0.3) is 0 Å². The fourth-order valence-electron chi connectivity index (χ4n) is 5.01. The first-order chi connectivity index (χ1) is 18.8. The van der Waals surface area contributed by atoms with Crippen LogP contribution in [0.2, 0.25) is 0 Å². The number of amides is 3. The molecular weight excluding hydrogens is 508 g/mol. The lowest BCUT2D eigenvalue weighted by atomic mass is 9.67. The number of hydrogen-bond acceptors (Lipinski definition) is 6. The zero-order valence-corrected chi connectivity index (χ0v) is 24.0. The molecule has 40 heavy (non-hydrogen) atoms. The van der Waals surface area contributed by atoms with Gasteiger partial charge >= 0.3 is 12.2 Å². The van der Waals surface area contributed by atoms with Gasteiger partial charge in [-0.2, -0.15) is 0 Å². The number of nitrogens with zero attached hydrogens (tertiary/aromatic N) is 1. The number of para-hydroxylation sites is 1. The third-order valence-corrected chi connectivity index (χ3v) is 6.44. The number of anilines is 1. The highest BCUT2D eigenvalue weighted by atomic mass is 16.6. The summed E-state index contributed by atoms with van der Waals surface area (Å²) in [6.07, 6.45) is -1.51. The van der Waals surface area contributed by atoms with Gasteiger partial charge in [-0.15, -0.1) is 0 Å². The average Bonchev–Trinajstić information content (AvgIpc) is 3.14. The summed E-state index contributed by atoms with van der Waals surface area (Å²) in [5.74, 6) is -0.0162. The SMILES string of the molecule is COc1cccc([C@H](NC(=O)OC(C)(C)C)C2(c3ccccc3)C(=O)N(C(=O)OC(C)(C)C)c3ccccc32)c1. The van der Waals surface area contributed by atoms with Crippen molar-refractivity contribution >= 4 is 23.8 Å². The van der Waals surface area contributed by atoms with Crippen LogP contribution in [0, 0.1) is 0 Å². The van der Waals surface area contributed by atoms with Crippen molar-refractivity contribution in [2.24, 2.45) is 0 Å². The van der Waals surface area contributed by atoms with E-state index in [-0.39, 0.29) is 0 Å². The van der Waals surface area contributed by atoms with Gasteiger partial charge in [-0.25, -0.2) is 14.5 Å². The van der Waals surface area contributed by atoms with E-state index in [2.05, 4.69) is 5.32 Å². The second kappa shape index (κ2) is 10.7. The molecule has 3 amide bonds. The molecule has 210 valence electrons.